The number of nitrogens with one attached hydrogen (secondary N) is 2. The van der Waals surface area contributed by atoms with Crippen LogP contribution < -0.4 is 11.1 Å². The van der Waals surface area contributed by atoms with Crippen molar-refractivity contribution in [1.29, 1.82) is 0 Å². The first kappa shape index (κ1) is 11.0. The van der Waals surface area contributed by atoms with Gasteiger partial charge >= 0.3 is 0 Å². The molecule has 1 aliphatic heterocycles. The van der Waals surface area contributed by atoms with E-state index in [2.05, 4.69) is 10.3 Å². The summed E-state index contributed by atoms with van der Waals surface area (Å²) in [6.07, 6.45) is 3.30. The lowest BCUT2D eigenvalue weighted by molar-refractivity contribution is 0.0421. The summed E-state index contributed by atoms with van der Waals surface area (Å²) in [6, 6.07) is 1.64. The van der Waals surface area contributed by atoms with Crippen LogP contribution in [0.3, 0.4) is 0 Å². The van der Waals surface area contributed by atoms with Gasteiger partial charge in [-0.1, -0.05) is 0 Å². The molecule has 0 unspecified atom stereocenters. The normalized spacial score (nSPS) is 19.3. The average Bonchev–Trinajstić information content (AvgIpc) is 2.65. The van der Waals surface area contributed by atoms with E-state index in [1.165, 1.54) is 0 Å². The number of ether oxygens (including phenoxy) is 1. The number of amides is 1. The topological polar surface area (TPSA) is 80.1 Å². The molecule has 0 bridgehead atoms. The van der Waals surface area contributed by atoms with E-state index in [1.54, 1.807) is 12.3 Å². The molecule has 0 radical (unpaired) electrons. The van der Waals surface area contributed by atoms with Crippen molar-refractivity contribution >= 4 is 11.6 Å². The number of aromatic nitrogens is 1. The van der Waals surface area contributed by atoms with Crippen LogP contribution in [0.4, 0.5) is 5.69 Å². The van der Waals surface area contributed by atoms with E-state index in [0.717, 1.165) is 12.8 Å². The molecule has 0 aromatic carbocycles. The molecule has 16 heavy (non-hydrogen) atoms. The van der Waals surface area contributed by atoms with Gasteiger partial charge in [0.05, 0.1) is 0 Å². The third kappa shape index (κ3) is 2.36. The summed E-state index contributed by atoms with van der Waals surface area (Å²) in [5.74, 6) is -0.110. The molecule has 1 amide bonds. The predicted octanol–water partition coefficient (Wildman–Crippen LogP) is 0.896. The average molecular weight is 223 g/mol. The molecule has 1 fully saturated rings. The first-order valence-corrected chi connectivity index (χ1v) is 5.43. The molecule has 2 heterocycles. The monoisotopic (exact) mass is 223 g/mol. The second-order valence-electron chi connectivity index (χ2n) is 4.47. The fourth-order valence-electron chi connectivity index (χ4n) is 1.83. The molecule has 0 aliphatic carbocycles. The third-order valence-electron chi connectivity index (χ3n) is 2.96. The number of hydrogen-bond donors (Lipinski definition) is 3. The fourth-order valence-corrected chi connectivity index (χ4v) is 1.83. The number of carbonyl (C=O) groups is 1. The Kier molecular flexibility index (Phi) is 2.87. The zero-order valence-electron chi connectivity index (χ0n) is 9.38. The van der Waals surface area contributed by atoms with E-state index < -0.39 is 0 Å². The molecule has 0 atom stereocenters. The van der Waals surface area contributed by atoms with Crippen LogP contribution in [0.1, 0.15) is 30.3 Å². The fraction of sp³-hybridized carbons (Fsp3) is 0.545. The van der Waals surface area contributed by atoms with Gasteiger partial charge in [-0.25, -0.2) is 0 Å². The summed E-state index contributed by atoms with van der Waals surface area (Å²) in [7, 11) is 0. The van der Waals surface area contributed by atoms with Crippen molar-refractivity contribution in [2.75, 3.05) is 18.9 Å². The smallest absolute Gasteiger partial charge is 0.268 e. The van der Waals surface area contributed by atoms with E-state index in [-0.39, 0.29) is 11.4 Å². The maximum absolute atomic E-state index is 11.9. The maximum Gasteiger partial charge on any atom is 0.268 e. The van der Waals surface area contributed by atoms with E-state index in [1.807, 2.05) is 6.92 Å². The van der Waals surface area contributed by atoms with Crippen LogP contribution in [0.2, 0.25) is 0 Å². The van der Waals surface area contributed by atoms with Crippen LogP contribution in [0, 0.1) is 0 Å². The lowest BCUT2D eigenvalue weighted by Gasteiger charge is -2.34. The van der Waals surface area contributed by atoms with E-state index in [4.69, 9.17) is 10.5 Å². The highest BCUT2D eigenvalue weighted by Crippen LogP contribution is 2.20. The summed E-state index contributed by atoms with van der Waals surface area (Å²) in [4.78, 5) is 14.7. The molecule has 1 aliphatic rings. The van der Waals surface area contributed by atoms with Crippen molar-refractivity contribution in [2.24, 2.45) is 0 Å². The van der Waals surface area contributed by atoms with Gasteiger partial charge in [-0.15, -0.1) is 0 Å². The highest BCUT2D eigenvalue weighted by molar-refractivity contribution is 5.93. The van der Waals surface area contributed by atoms with Crippen molar-refractivity contribution in [3.8, 4) is 0 Å². The van der Waals surface area contributed by atoms with Gasteiger partial charge in [-0.05, 0) is 25.8 Å². The van der Waals surface area contributed by atoms with Gasteiger partial charge < -0.3 is 20.8 Å². The third-order valence-corrected chi connectivity index (χ3v) is 2.96. The van der Waals surface area contributed by atoms with Crippen molar-refractivity contribution in [1.82, 2.24) is 10.3 Å². The molecule has 4 N–H and O–H groups in total. The number of nitrogen functional groups attached to an aromatic ring is 1. The molecular formula is C11H17N3O2. The first-order valence-electron chi connectivity index (χ1n) is 5.43. The van der Waals surface area contributed by atoms with Gasteiger partial charge in [-0.2, -0.15) is 0 Å². The number of aromatic amines is 1. The number of nitrogens with two attached hydrogens (primary N) is 1. The summed E-state index contributed by atoms with van der Waals surface area (Å²) in [5.41, 5.74) is 6.46. The van der Waals surface area contributed by atoms with Crippen molar-refractivity contribution in [3.05, 3.63) is 18.0 Å². The molecular weight excluding hydrogens is 206 g/mol. The minimum Gasteiger partial charge on any atom is -0.397 e. The van der Waals surface area contributed by atoms with Crippen LogP contribution in [0.5, 0.6) is 0 Å². The lowest BCUT2D eigenvalue weighted by atomic mass is 9.92. The van der Waals surface area contributed by atoms with Crippen LogP contribution in [-0.2, 0) is 4.74 Å². The Morgan fingerprint density at radius 3 is 2.81 bits per heavy atom. The van der Waals surface area contributed by atoms with E-state index in [0.29, 0.717) is 24.6 Å². The second kappa shape index (κ2) is 4.17. The highest BCUT2D eigenvalue weighted by Gasteiger charge is 2.29. The van der Waals surface area contributed by atoms with Crippen LogP contribution >= 0.6 is 0 Å². The summed E-state index contributed by atoms with van der Waals surface area (Å²) < 4.78 is 5.28. The Hall–Kier alpha value is -1.49. The van der Waals surface area contributed by atoms with Gasteiger partial charge in [0.2, 0.25) is 0 Å². The number of anilines is 1. The second-order valence-corrected chi connectivity index (χ2v) is 4.47. The molecule has 5 nitrogen and oxygen atoms in total. The number of carbonyl (C=O) groups excluding carboxylic acids is 1. The van der Waals surface area contributed by atoms with Gasteiger partial charge in [0, 0.05) is 30.6 Å². The zero-order chi connectivity index (χ0) is 11.6. The van der Waals surface area contributed by atoms with Crippen molar-refractivity contribution in [3.63, 3.8) is 0 Å². The summed E-state index contributed by atoms with van der Waals surface area (Å²) in [6.45, 7) is 3.44. The van der Waals surface area contributed by atoms with E-state index >= 15 is 0 Å². The Bertz CT molecular complexity index is 380. The van der Waals surface area contributed by atoms with Gasteiger partial charge in [0.1, 0.15) is 5.69 Å². The van der Waals surface area contributed by atoms with Gasteiger partial charge in [0.15, 0.2) is 0 Å². The molecule has 5 heteroatoms. The molecule has 2 rings (SSSR count). The first-order chi connectivity index (χ1) is 7.59. The molecule has 1 aromatic rings. The minimum absolute atomic E-state index is 0.110. The SMILES string of the molecule is CC1(NC(=O)c2cc(N)c[nH]2)CCOCC1. The maximum atomic E-state index is 11.9. The van der Waals surface area contributed by atoms with E-state index in [9.17, 15) is 4.79 Å². The van der Waals surface area contributed by atoms with Crippen LogP contribution in [-0.4, -0.2) is 29.6 Å². The predicted molar refractivity (Wildman–Crippen MR) is 61.1 cm³/mol. The lowest BCUT2D eigenvalue weighted by Crippen LogP contribution is -2.49. The molecule has 0 saturated carbocycles. The molecule has 1 aromatic heterocycles. The highest BCUT2D eigenvalue weighted by atomic mass is 16.5. The number of hydrogen-bond acceptors (Lipinski definition) is 3. The van der Waals surface area contributed by atoms with Crippen LogP contribution in [0.25, 0.3) is 0 Å². The molecule has 1 saturated heterocycles. The zero-order valence-corrected chi connectivity index (χ0v) is 9.38. The quantitative estimate of drug-likeness (QED) is 0.696. The van der Waals surface area contributed by atoms with Gasteiger partial charge in [0.25, 0.3) is 5.91 Å². The molecule has 0 spiro atoms. The van der Waals surface area contributed by atoms with Crippen LogP contribution in [0.15, 0.2) is 12.3 Å². The Morgan fingerprint density at radius 1 is 1.56 bits per heavy atom. The van der Waals surface area contributed by atoms with Crippen molar-refractivity contribution in [2.45, 2.75) is 25.3 Å². The summed E-state index contributed by atoms with van der Waals surface area (Å²) >= 11 is 0. The number of rotatable bonds is 2. The standard InChI is InChI=1S/C11H17N3O2/c1-11(2-4-16-5-3-11)14-10(15)9-6-8(12)7-13-9/h6-7,13H,2-5,12H2,1H3,(H,14,15). The summed E-state index contributed by atoms with van der Waals surface area (Å²) in [5, 5.41) is 3.02. The Labute approximate surface area is 94.4 Å². The largest absolute Gasteiger partial charge is 0.397 e. The van der Waals surface area contributed by atoms with Gasteiger partial charge in [-0.3, -0.25) is 4.79 Å². The van der Waals surface area contributed by atoms with Crippen molar-refractivity contribution < 1.29 is 9.53 Å². The number of H-pyrrole nitrogens is 1. The Morgan fingerprint density at radius 2 is 2.25 bits per heavy atom. The molecule has 88 valence electrons. The Balaban J connectivity index is 2.01. The minimum atomic E-state index is -0.171.